The Balaban J connectivity index is 2.10. The van der Waals surface area contributed by atoms with Crippen LogP contribution in [0.2, 0.25) is 5.02 Å². The molecule has 3 nitrogen and oxygen atoms in total. The van der Waals surface area contributed by atoms with Crippen LogP contribution in [0.15, 0.2) is 59.0 Å². The fraction of sp³-hybridized carbons (Fsp3) is 0. The first kappa shape index (κ1) is 15.2. The highest BCUT2D eigenvalue weighted by Gasteiger charge is 2.18. The number of carbonyl (C=O) groups excluding carboxylic acids is 2. The highest BCUT2D eigenvalue weighted by atomic mass is 35.5. The van der Waals surface area contributed by atoms with Crippen molar-refractivity contribution >= 4 is 23.7 Å². The predicted molar refractivity (Wildman–Crippen MR) is 84.4 cm³/mol. The van der Waals surface area contributed by atoms with Gasteiger partial charge in [0.1, 0.15) is 11.6 Å². The van der Waals surface area contributed by atoms with Gasteiger partial charge in [-0.15, -0.1) is 0 Å². The molecular weight excluding hydrogens is 319 g/mol. The molecule has 0 unspecified atom stereocenters. The number of benzene rings is 2. The van der Waals surface area contributed by atoms with E-state index in [1.165, 1.54) is 36.4 Å². The van der Waals surface area contributed by atoms with E-state index in [0.29, 0.717) is 33.8 Å². The summed E-state index contributed by atoms with van der Waals surface area (Å²) in [5, 5.41) is 0.390. The minimum Gasteiger partial charge on any atom is -0.453 e. The Morgan fingerprint density at radius 1 is 1.04 bits per heavy atom. The van der Waals surface area contributed by atoms with E-state index in [9.17, 15) is 14.0 Å². The molecule has 1 aromatic heterocycles. The second-order valence-electron chi connectivity index (χ2n) is 4.85. The molecule has 0 radical (unpaired) electrons. The lowest BCUT2D eigenvalue weighted by Gasteiger charge is -2.08. The highest BCUT2D eigenvalue weighted by molar-refractivity contribution is 6.31. The molecule has 3 rings (SSSR count). The molecule has 0 amide bonds. The van der Waals surface area contributed by atoms with Crippen LogP contribution in [0.3, 0.4) is 0 Å². The van der Waals surface area contributed by atoms with Gasteiger partial charge < -0.3 is 4.42 Å². The zero-order valence-electron chi connectivity index (χ0n) is 11.8. The number of carbonyl (C=O) groups is 2. The van der Waals surface area contributed by atoms with Crippen molar-refractivity contribution in [1.82, 2.24) is 0 Å². The van der Waals surface area contributed by atoms with Crippen LogP contribution in [0.5, 0.6) is 0 Å². The third-order valence-electron chi connectivity index (χ3n) is 3.34. The first-order valence-electron chi connectivity index (χ1n) is 6.73. The molecule has 0 saturated heterocycles. The number of ketones is 1. The quantitative estimate of drug-likeness (QED) is 0.511. The Hall–Kier alpha value is -2.72. The van der Waals surface area contributed by atoms with Gasteiger partial charge >= 0.3 is 0 Å². The summed E-state index contributed by atoms with van der Waals surface area (Å²) in [6, 6.07) is 13.2. The Labute approximate surface area is 136 Å². The van der Waals surface area contributed by atoms with E-state index in [4.69, 9.17) is 16.0 Å². The summed E-state index contributed by atoms with van der Waals surface area (Å²) in [5.74, 6) is -0.189. The normalized spacial score (nSPS) is 10.5. The Morgan fingerprint density at radius 2 is 1.78 bits per heavy atom. The van der Waals surface area contributed by atoms with Crippen LogP contribution in [-0.2, 0) is 0 Å². The first-order chi connectivity index (χ1) is 11.1. The number of hydrogen-bond acceptors (Lipinski definition) is 3. The van der Waals surface area contributed by atoms with Crippen molar-refractivity contribution in [3.63, 3.8) is 0 Å². The lowest BCUT2D eigenvalue weighted by molar-refractivity contribution is 0.103. The Morgan fingerprint density at radius 3 is 2.43 bits per heavy atom. The summed E-state index contributed by atoms with van der Waals surface area (Å²) in [6.07, 6.45) is 0.584. The van der Waals surface area contributed by atoms with Gasteiger partial charge in [0.2, 0.25) is 0 Å². The molecule has 0 fully saturated rings. The van der Waals surface area contributed by atoms with Crippen LogP contribution < -0.4 is 0 Å². The van der Waals surface area contributed by atoms with Crippen LogP contribution in [-0.4, -0.2) is 12.1 Å². The number of aldehydes is 1. The van der Waals surface area contributed by atoms with Crippen molar-refractivity contribution < 1.29 is 18.4 Å². The second-order valence-corrected chi connectivity index (χ2v) is 5.28. The molecule has 3 aromatic rings. The fourth-order valence-corrected chi connectivity index (χ4v) is 2.41. The molecule has 2 aromatic carbocycles. The van der Waals surface area contributed by atoms with E-state index < -0.39 is 5.82 Å². The average molecular weight is 329 g/mol. The van der Waals surface area contributed by atoms with Crippen molar-refractivity contribution in [2.45, 2.75) is 0 Å². The van der Waals surface area contributed by atoms with Crippen LogP contribution >= 0.6 is 11.6 Å². The van der Waals surface area contributed by atoms with E-state index in [1.807, 2.05) is 0 Å². The van der Waals surface area contributed by atoms with Crippen molar-refractivity contribution in [2.24, 2.45) is 0 Å². The van der Waals surface area contributed by atoms with Crippen molar-refractivity contribution in [3.8, 4) is 11.3 Å². The van der Waals surface area contributed by atoms with E-state index in [1.54, 1.807) is 18.2 Å². The largest absolute Gasteiger partial charge is 0.453 e. The number of furan rings is 1. The average Bonchev–Trinajstić information content (AvgIpc) is 3.04. The minimum atomic E-state index is -0.422. The van der Waals surface area contributed by atoms with Gasteiger partial charge in [0.05, 0.1) is 0 Å². The SMILES string of the molecule is O=Cc1ccc(-c2ccc(Cl)cc2C(=O)c2ccc(F)cc2)o1. The molecular formula is C18H10ClFO3. The van der Waals surface area contributed by atoms with Crippen LogP contribution in [0.25, 0.3) is 11.3 Å². The zero-order valence-corrected chi connectivity index (χ0v) is 12.5. The highest BCUT2D eigenvalue weighted by Crippen LogP contribution is 2.29. The van der Waals surface area contributed by atoms with Gasteiger partial charge in [-0.25, -0.2) is 4.39 Å². The lowest BCUT2D eigenvalue weighted by Crippen LogP contribution is -2.03. The molecule has 0 atom stereocenters. The van der Waals surface area contributed by atoms with Crippen molar-refractivity contribution in [1.29, 1.82) is 0 Å². The number of halogens is 2. The Kier molecular flexibility index (Phi) is 4.08. The van der Waals surface area contributed by atoms with Crippen molar-refractivity contribution in [2.75, 3.05) is 0 Å². The monoisotopic (exact) mass is 328 g/mol. The van der Waals surface area contributed by atoms with E-state index >= 15 is 0 Å². The van der Waals surface area contributed by atoms with Crippen LogP contribution in [0.4, 0.5) is 4.39 Å². The van der Waals surface area contributed by atoms with Gasteiger partial charge in [-0.05, 0) is 54.6 Å². The molecule has 0 aliphatic carbocycles. The zero-order chi connectivity index (χ0) is 16.4. The lowest BCUT2D eigenvalue weighted by atomic mass is 9.97. The van der Waals surface area contributed by atoms with Gasteiger partial charge in [-0.2, -0.15) is 0 Å². The molecule has 0 bridgehead atoms. The summed E-state index contributed by atoms with van der Waals surface area (Å²) >= 11 is 5.99. The molecule has 114 valence electrons. The van der Waals surface area contributed by atoms with Crippen LogP contribution in [0, 0.1) is 5.82 Å². The smallest absolute Gasteiger partial charge is 0.193 e. The summed E-state index contributed by atoms with van der Waals surface area (Å²) in [7, 11) is 0. The number of hydrogen-bond donors (Lipinski definition) is 0. The van der Waals surface area contributed by atoms with Crippen LogP contribution in [0.1, 0.15) is 26.5 Å². The summed E-state index contributed by atoms with van der Waals surface area (Å²) in [6.45, 7) is 0. The van der Waals surface area contributed by atoms with Crippen molar-refractivity contribution in [3.05, 3.63) is 82.3 Å². The summed E-state index contributed by atoms with van der Waals surface area (Å²) < 4.78 is 18.4. The predicted octanol–water partition coefficient (Wildman–Crippen LogP) is 4.78. The molecule has 0 spiro atoms. The number of rotatable bonds is 4. The third-order valence-corrected chi connectivity index (χ3v) is 3.58. The van der Waals surface area contributed by atoms with E-state index in [-0.39, 0.29) is 11.5 Å². The Bertz CT molecular complexity index is 882. The topological polar surface area (TPSA) is 47.3 Å². The summed E-state index contributed by atoms with van der Waals surface area (Å²) in [5.41, 5.74) is 1.16. The van der Waals surface area contributed by atoms with Gasteiger partial charge in [0.25, 0.3) is 0 Å². The summed E-state index contributed by atoms with van der Waals surface area (Å²) in [4.78, 5) is 23.4. The van der Waals surface area contributed by atoms with Gasteiger partial charge in [-0.3, -0.25) is 9.59 Å². The molecule has 0 aliphatic rings. The first-order valence-corrected chi connectivity index (χ1v) is 7.11. The minimum absolute atomic E-state index is 0.162. The maximum absolute atomic E-state index is 13.0. The molecule has 0 N–H and O–H groups in total. The maximum atomic E-state index is 13.0. The molecule has 0 saturated carbocycles. The van der Waals surface area contributed by atoms with Gasteiger partial charge in [0, 0.05) is 21.7 Å². The molecule has 5 heteroatoms. The van der Waals surface area contributed by atoms with E-state index in [0.717, 1.165) is 0 Å². The fourth-order valence-electron chi connectivity index (χ4n) is 2.24. The second kappa shape index (κ2) is 6.18. The molecule has 0 aliphatic heterocycles. The molecule has 23 heavy (non-hydrogen) atoms. The third kappa shape index (κ3) is 3.07. The maximum Gasteiger partial charge on any atom is 0.193 e. The molecule has 1 heterocycles. The van der Waals surface area contributed by atoms with Gasteiger partial charge in [-0.1, -0.05) is 11.6 Å². The standard InChI is InChI=1S/C18H10ClFO3/c19-12-3-7-15(17-8-6-14(10-21)23-17)16(9-12)18(22)11-1-4-13(20)5-2-11/h1-10H. The van der Waals surface area contributed by atoms with Gasteiger partial charge in [0.15, 0.2) is 17.8 Å². The van der Waals surface area contributed by atoms with E-state index in [2.05, 4.69) is 0 Å².